The van der Waals surface area contributed by atoms with E-state index in [9.17, 15) is 14.7 Å². The zero-order chi connectivity index (χ0) is 26.5. The van der Waals surface area contributed by atoms with Gasteiger partial charge in [-0.15, -0.1) is 0 Å². The lowest BCUT2D eigenvalue weighted by molar-refractivity contribution is 0.0755. The molecule has 0 unspecified atom stereocenters. The maximum atomic E-state index is 13.3. The van der Waals surface area contributed by atoms with Crippen LogP contribution in [0.15, 0.2) is 79.1 Å². The van der Waals surface area contributed by atoms with Crippen LogP contribution in [0.1, 0.15) is 58.5 Å². The van der Waals surface area contributed by atoms with Gasteiger partial charge in [0.25, 0.3) is 11.8 Å². The van der Waals surface area contributed by atoms with E-state index < -0.39 is 12.1 Å². The number of aliphatic hydroxyl groups excluding tert-OH is 1. The van der Waals surface area contributed by atoms with E-state index in [0.29, 0.717) is 43.7 Å². The molecule has 2 atom stereocenters. The molecule has 0 bridgehead atoms. The van der Waals surface area contributed by atoms with Crippen molar-refractivity contribution in [3.8, 4) is 0 Å². The molecule has 0 aliphatic carbocycles. The zero-order valence-corrected chi connectivity index (χ0v) is 21.8. The summed E-state index contributed by atoms with van der Waals surface area (Å²) in [4.78, 5) is 32.2. The van der Waals surface area contributed by atoms with Gasteiger partial charge in [0.2, 0.25) is 0 Å². The molecule has 1 aromatic heterocycles. The third-order valence-corrected chi connectivity index (χ3v) is 6.16. The Morgan fingerprint density at radius 1 is 0.892 bits per heavy atom. The number of rotatable bonds is 14. The van der Waals surface area contributed by atoms with Gasteiger partial charge in [-0.3, -0.25) is 14.6 Å². The molecule has 0 saturated heterocycles. The molecule has 7 heteroatoms. The fourth-order valence-corrected chi connectivity index (χ4v) is 4.24. The van der Waals surface area contributed by atoms with Crippen LogP contribution in [0.5, 0.6) is 0 Å². The molecule has 3 rings (SSSR count). The summed E-state index contributed by atoms with van der Waals surface area (Å²) in [5.74, 6) is -0.388. The number of benzene rings is 2. The van der Waals surface area contributed by atoms with Crippen molar-refractivity contribution in [2.75, 3.05) is 19.6 Å². The summed E-state index contributed by atoms with van der Waals surface area (Å²) >= 11 is 0. The van der Waals surface area contributed by atoms with E-state index in [1.54, 1.807) is 36.7 Å². The number of aromatic nitrogens is 1. The Morgan fingerprint density at radius 3 is 2.24 bits per heavy atom. The van der Waals surface area contributed by atoms with Crippen LogP contribution < -0.4 is 10.6 Å². The average molecular weight is 503 g/mol. The highest BCUT2D eigenvalue weighted by Crippen LogP contribution is 2.12. The van der Waals surface area contributed by atoms with Gasteiger partial charge in [-0.05, 0) is 60.7 Å². The largest absolute Gasteiger partial charge is 0.390 e. The first-order chi connectivity index (χ1) is 18.0. The molecule has 37 heavy (non-hydrogen) atoms. The maximum absolute atomic E-state index is 13.3. The van der Waals surface area contributed by atoms with Crippen molar-refractivity contribution < 1.29 is 14.7 Å². The van der Waals surface area contributed by atoms with Gasteiger partial charge >= 0.3 is 0 Å². The highest BCUT2D eigenvalue weighted by Gasteiger charge is 2.23. The molecular weight excluding hydrogens is 464 g/mol. The normalized spacial score (nSPS) is 12.5. The fraction of sp³-hybridized carbons (Fsp3) is 0.367. The number of nitrogens with one attached hydrogen (secondary N) is 2. The van der Waals surface area contributed by atoms with E-state index in [2.05, 4.69) is 15.6 Å². The van der Waals surface area contributed by atoms with E-state index >= 15 is 0 Å². The Bertz CT molecular complexity index is 1100. The lowest BCUT2D eigenvalue weighted by atomic mass is 10.00. The van der Waals surface area contributed by atoms with E-state index in [-0.39, 0.29) is 11.8 Å². The lowest BCUT2D eigenvalue weighted by Crippen LogP contribution is -2.48. The van der Waals surface area contributed by atoms with E-state index in [1.165, 1.54) is 0 Å². The molecule has 3 aromatic rings. The van der Waals surface area contributed by atoms with Gasteiger partial charge in [0.15, 0.2) is 0 Å². The first-order valence-corrected chi connectivity index (χ1v) is 13.0. The second-order valence-corrected chi connectivity index (χ2v) is 9.20. The highest BCUT2D eigenvalue weighted by molar-refractivity contribution is 5.99. The van der Waals surface area contributed by atoms with Crippen LogP contribution in [-0.4, -0.2) is 58.6 Å². The SMILES string of the molecule is CCCN(CCC)C(=O)c1cccc(C(=O)N[C@@H](Cc2ccccc2)[C@H](O)CNCc2ccncc2)c1. The van der Waals surface area contributed by atoms with E-state index in [0.717, 1.165) is 24.0 Å². The molecule has 196 valence electrons. The monoisotopic (exact) mass is 502 g/mol. The topological polar surface area (TPSA) is 94.6 Å². The molecule has 0 fully saturated rings. The molecule has 0 saturated carbocycles. The number of hydrogen-bond donors (Lipinski definition) is 3. The van der Waals surface area contributed by atoms with Crippen LogP contribution in [0.2, 0.25) is 0 Å². The summed E-state index contributed by atoms with van der Waals surface area (Å²) in [6.07, 6.45) is 4.87. The molecule has 0 aliphatic rings. The van der Waals surface area contributed by atoms with Crippen LogP contribution >= 0.6 is 0 Å². The first kappa shape index (κ1) is 28.0. The molecule has 0 spiro atoms. The molecule has 0 radical (unpaired) electrons. The molecule has 2 amide bonds. The Hall–Kier alpha value is -3.55. The smallest absolute Gasteiger partial charge is 0.253 e. The van der Waals surface area contributed by atoms with Crippen molar-refractivity contribution in [3.05, 3.63) is 101 Å². The van der Waals surface area contributed by atoms with Crippen LogP contribution in [-0.2, 0) is 13.0 Å². The number of nitrogens with zero attached hydrogens (tertiary/aromatic N) is 2. The Kier molecular flexibility index (Phi) is 11.3. The minimum absolute atomic E-state index is 0.0699. The predicted octanol–water partition coefficient (Wildman–Crippen LogP) is 3.84. The summed E-state index contributed by atoms with van der Waals surface area (Å²) in [7, 11) is 0. The molecule has 0 aliphatic heterocycles. The Labute approximate surface area is 219 Å². The van der Waals surface area contributed by atoms with Gasteiger partial charge < -0.3 is 20.6 Å². The number of amides is 2. The number of carbonyl (C=O) groups is 2. The van der Waals surface area contributed by atoms with E-state index in [1.807, 2.05) is 61.2 Å². The van der Waals surface area contributed by atoms with Gasteiger partial charge in [0.05, 0.1) is 12.1 Å². The molecule has 3 N–H and O–H groups in total. The summed E-state index contributed by atoms with van der Waals surface area (Å²) < 4.78 is 0. The Balaban J connectivity index is 1.71. The van der Waals surface area contributed by atoms with Crippen LogP contribution in [0.3, 0.4) is 0 Å². The lowest BCUT2D eigenvalue weighted by Gasteiger charge is -2.25. The van der Waals surface area contributed by atoms with Crippen LogP contribution in [0.4, 0.5) is 0 Å². The quantitative estimate of drug-likeness (QED) is 0.311. The minimum atomic E-state index is -0.819. The van der Waals surface area contributed by atoms with Gasteiger partial charge in [0.1, 0.15) is 0 Å². The summed E-state index contributed by atoms with van der Waals surface area (Å²) in [5, 5.41) is 17.3. The molecular formula is C30H38N4O3. The van der Waals surface area contributed by atoms with E-state index in [4.69, 9.17) is 0 Å². The summed E-state index contributed by atoms with van der Waals surface area (Å²) in [6, 6.07) is 19.9. The van der Waals surface area contributed by atoms with Crippen molar-refractivity contribution in [2.45, 2.75) is 51.8 Å². The number of carbonyl (C=O) groups excluding carboxylic acids is 2. The zero-order valence-electron chi connectivity index (χ0n) is 21.8. The minimum Gasteiger partial charge on any atom is -0.390 e. The van der Waals surface area contributed by atoms with Gasteiger partial charge in [-0.25, -0.2) is 0 Å². The second-order valence-electron chi connectivity index (χ2n) is 9.20. The van der Waals surface area contributed by atoms with Gasteiger partial charge in [-0.1, -0.05) is 50.2 Å². The first-order valence-electron chi connectivity index (χ1n) is 13.0. The van der Waals surface area contributed by atoms with Crippen molar-refractivity contribution in [1.82, 2.24) is 20.5 Å². The number of hydrogen-bond acceptors (Lipinski definition) is 5. The maximum Gasteiger partial charge on any atom is 0.253 e. The summed E-state index contributed by atoms with van der Waals surface area (Å²) in [5.41, 5.74) is 2.97. The summed E-state index contributed by atoms with van der Waals surface area (Å²) in [6.45, 7) is 6.35. The molecule has 7 nitrogen and oxygen atoms in total. The fourth-order valence-electron chi connectivity index (χ4n) is 4.24. The average Bonchev–Trinajstić information content (AvgIpc) is 2.93. The number of pyridine rings is 1. The number of aliphatic hydroxyl groups is 1. The van der Waals surface area contributed by atoms with Crippen molar-refractivity contribution >= 4 is 11.8 Å². The Morgan fingerprint density at radius 2 is 1.57 bits per heavy atom. The third-order valence-electron chi connectivity index (χ3n) is 6.16. The van der Waals surface area contributed by atoms with Crippen molar-refractivity contribution in [2.24, 2.45) is 0 Å². The van der Waals surface area contributed by atoms with Crippen LogP contribution in [0.25, 0.3) is 0 Å². The molecule has 1 heterocycles. The standard InChI is InChI=1S/C30H38N4O3/c1-3-17-34(18-4-2)30(37)26-12-8-11-25(20-26)29(36)33-27(19-23-9-6-5-7-10-23)28(35)22-32-21-24-13-15-31-16-14-24/h5-16,20,27-28,32,35H,3-4,17-19,21-22H2,1-2H3,(H,33,36)/t27-,28+/m0/s1. The van der Waals surface area contributed by atoms with Gasteiger partial charge in [-0.2, -0.15) is 0 Å². The van der Waals surface area contributed by atoms with Crippen molar-refractivity contribution in [1.29, 1.82) is 0 Å². The van der Waals surface area contributed by atoms with Crippen LogP contribution in [0, 0.1) is 0 Å². The van der Waals surface area contributed by atoms with Crippen molar-refractivity contribution in [3.63, 3.8) is 0 Å². The van der Waals surface area contributed by atoms with Gasteiger partial charge in [0, 0.05) is 49.7 Å². The highest BCUT2D eigenvalue weighted by atomic mass is 16.3. The third kappa shape index (κ3) is 8.81. The second kappa shape index (κ2) is 14.9. The predicted molar refractivity (Wildman–Crippen MR) is 146 cm³/mol. The molecule has 2 aromatic carbocycles.